The highest BCUT2D eigenvalue weighted by atomic mass is 35.5. The van der Waals surface area contributed by atoms with Gasteiger partial charge in [0.2, 0.25) is 5.95 Å². The molecule has 5 rings (SSSR count). The molecule has 3 fully saturated rings. The smallest absolute Gasteiger partial charge is 0.225 e. The molecule has 172 valence electrons. The van der Waals surface area contributed by atoms with Gasteiger partial charge in [-0.05, 0) is 69.0 Å². The second-order valence-electron chi connectivity index (χ2n) is 9.41. The van der Waals surface area contributed by atoms with E-state index in [0.717, 1.165) is 63.0 Å². The average Bonchev–Trinajstić information content (AvgIpc) is 3.35. The van der Waals surface area contributed by atoms with Crippen LogP contribution in [0, 0.1) is 0 Å². The fourth-order valence-electron chi connectivity index (χ4n) is 5.51. The van der Waals surface area contributed by atoms with Gasteiger partial charge in [-0.2, -0.15) is 0 Å². The van der Waals surface area contributed by atoms with Gasteiger partial charge in [0.25, 0.3) is 0 Å². The van der Waals surface area contributed by atoms with Crippen molar-refractivity contribution in [3.8, 4) is 0 Å². The van der Waals surface area contributed by atoms with Crippen LogP contribution in [0.25, 0.3) is 0 Å². The zero-order chi connectivity index (χ0) is 21.8. The number of hydrogen-bond donors (Lipinski definition) is 0. The van der Waals surface area contributed by atoms with Crippen molar-refractivity contribution in [2.24, 2.45) is 0 Å². The Labute approximate surface area is 196 Å². The molecule has 1 aromatic carbocycles. The van der Waals surface area contributed by atoms with Gasteiger partial charge in [-0.25, -0.2) is 9.97 Å². The van der Waals surface area contributed by atoms with Crippen LogP contribution in [0.3, 0.4) is 0 Å². The molecule has 0 radical (unpaired) electrons. The Morgan fingerprint density at radius 2 is 1.69 bits per heavy atom. The van der Waals surface area contributed by atoms with E-state index in [1.54, 1.807) is 0 Å². The number of ether oxygens (including phenoxy) is 1. The third-order valence-electron chi connectivity index (χ3n) is 7.22. The summed E-state index contributed by atoms with van der Waals surface area (Å²) in [6, 6.07) is 11.2. The van der Waals surface area contributed by atoms with E-state index in [1.165, 1.54) is 31.5 Å². The minimum absolute atomic E-state index is 0.310. The van der Waals surface area contributed by atoms with Gasteiger partial charge in [0.1, 0.15) is 0 Å². The van der Waals surface area contributed by atoms with E-state index in [1.807, 2.05) is 30.6 Å². The van der Waals surface area contributed by atoms with Crippen molar-refractivity contribution in [3.05, 3.63) is 53.3 Å². The first-order chi connectivity index (χ1) is 15.7. The number of aromatic nitrogens is 2. The van der Waals surface area contributed by atoms with E-state index < -0.39 is 0 Å². The Hall–Kier alpha value is -1.73. The first kappa shape index (κ1) is 22.1. The molecule has 4 heterocycles. The minimum Gasteiger partial charge on any atom is -0.374 e. The van der Waals surface area contributed by atoms with Gasteiger partial charge in [0, 0.05) is 55.7 Å². The second-order valence-corrected chi connectivity index (χ2v) is 9.85. The van der Waals surface area contributed by atoms with Crippen LogP contribution in [0.4, 0.5) is 5.95 Å². The third kappa shape index (κ3) is 5.42. The summed E-state index contributed by atoms with van der Waals surface area (Å²) in [5, 5.41) is 0.798. The van der Waals surface area contributed by atoms with E-state index in [2.05, 4.69) is 36.8 Å². The van der Waals surface area contributed by atoms with Crippen LogP contribution in [-0.2, 0) is 11.2 Å². The Morgan fingerprint density at radius 1 is 0.969 bits per heavy atom. The van der Waals surface area contributed by atoms with Crippen LogP contribution in [-0.4, -0.2) is 83.8 Å². The number of nitrogens with zero attached hydrogens (tertiary/aromatic N) is 5. The van der Waals surface area contributed by atoms with Crippen molar-refractivity contribution in [2.75, 3.05) is 50.8 Å². The quantitative estimate of drug-likeness (QED) is 0.664. The monoisotopic (exact) mass is 455 g/mol. The summed E-state index contributed by atoms with van der Waals surface area (Å²) in [5.41, 5.74) is 1.33. The van der Waals surface area contributed by atoms with Crippen LogP contribution in [0.1, 0.15) is 31.2 Å². The Bertz CT molecular complexity index is 837. The lowest BCUT2D eigenvalue weighted by molar-refractivity contribution is -0.0896. The standard InChI is InChI=1S/C25H34ClN5O/c26-21-6-4-20(5-7-21)16-23-19-32-24(17-29-12-1-2-13-29)18-31(23)22-8-14-30(15-9-22)25-27-10-3-11-28-25/h3-7,10-11,22-24H,1-2,8-9,12-19H2/t23-,24-/m0/s1. The van der Waals surface area contributed by atoms with E-state index in [-0.39, 0.29) is 0 Å². The summed E-state index contributed by atoms with van der Waals surface area (Å²) in [4.78, 5) is 16.6. The van der Waals surface area contributed by atoms with Crippen LogP contribution < -0.4 is 4.90 Å². The molecule has 0 spiro atoms. The summed E-state index contributed by atoms with van der Waals surface area (Å²) in [7, 11) is 0. The molecule has 0 amide bonds. The first-order valence-electron chi connectivity index (χ1n) is 12.1. The SMILES string of the molecule is Clc1ccc(C[C@H]2CO[C@@H](CN3CCCC3)CN2C2CCN(c3ncccn3)CC2)cc1. The second kappa shape index (κ2) is 10.5. The number of likely N-dealkylation sites (tertiary alicyclic amines) is 1. The number of morpholine rings is 1. The topological polar surface area (TPSA) is 44.7 Å². The molecular weight excluding hydrogens is 422 g/mol. The Kier molecular flexibility index (Phi) is 7.22. The van der Waals surface area contributed by atoms with Crippen molar-refractivity contribution >= 4 is 17.5 Å². The number of hydrogen-bond acceptors (Lipinski definition) is 6. The maximum absolute atomic E-state index is 6.42. The third-order valence-corrected chi connectivity index (χ3v) is 7.47. The van der Waals surface area contributed by atoms with Crippen molar-refractivity contribution in [1.29, 1.82) is 0 Å². The van der Waals surface area contributed by atoms with Crippen LogP contribution in [0.15, 0.2) is 42.7 Å². The zero-order valence-corrected chi connectivity index (χ0v) is 19.5. The van der Waals surface area contributed by atoms with Crippen molar-refractivity contribution < 1.29 is 4.74 Å². The fourth-order valence-corrected chi connectivity index (χ4v) is 5.64. The number of halogens is 1. The molecule has 3 saturated heterocycles. The summed E-state index contributed by atoms with van der Waals surface area (Å²) >= 11 is 6.11. The van der Waals surface area contributed by atoms with E-state index in [9.17, 15) is 0 Å². The van der Waals surface area contributed by atoms with Crippen LogP contribution >= 0.6 is 11.6 Å². The van der Waals surface area contributed by atoms with Gasteiger partial charge in [-0.1, -0.05) is 23.7 Å². The molecule has 0 saturated carbocycles. The van der Waals surface area contributed by atoms with E-state index in [4.69, 9.17) is 16.3 Å². The largest absolute Gasteiger partial charge is 0.374 e. The average molecular weight is 456 g/mol. The first-order valence-corrected chi connectivity index (χ1v) is 12.5. The van der Waals surface area contributed by atoms with Gasteiger partial charge < -0.3 is 14.5 Å². The lowest BCUT2D eigenvalue weighted by Crippen LogP contribution is -2.58. The zero-order valence-electron chi connectivity index (χ0n) is 18.8. The van der Waals surface area contributed by atoms with Crippen LogP contribution in [0.5, 0.6) is 0 Å². The number of benzene rings is 1. The molecular formula is C25H34ClN5O. The molecule has 0 unspecified atom stereocenters. The maximum atomic E-state index is 6.42. The van der Waals surface area contributed by atoms with Crippen molar-refractivity contribution in [3.63, 3.8) is 0 Å². The fraction of sp³-hybridized carbons (Fsp3) is 0.600. The highest BCUT2D eigenvalue weighted by Gasteiger charge is 2.36. The normalized spacial score (nSPS) is 26.0. The molecule has 2 aromatic rings. The molecule has 2 atom stereocenters. The molecule has 32 heavy (non-hydrogen) atoms. The molecule has 3 aliphatic rings. The number of piperidine rings is 1. The van der Waals surface area contributed by atoms with E-state index in [0.29, 0.717) is 18.2 Å². The van der Waals surface area contributed by atoms with E-state index >= 15 is 0 Å². The van der Waals surface area contributed by atoms with Gasteiger partial charge in [0.15, 0.2) is 0 Å². The summed E-state index contributed by atoms with van der Waals surface area (Å²) < 4.78 is 6.42. The minimum atomic E-state index is 0.310. The predicted molar refractivity (Wildman–Crippen MR) is 128 cm³/mol. The molecule has 3 aliphatic heterocycles. The van der Waals surface area contributed by atoms with Gasteiger partial charge in [0.05, 0.1) is 12.7 Å². The molecule has 6 nitrogen and oxygen atoms in total. The molecule has 0 bridgehead atoms. The lowest BCUT2D eigenvalue weighted by atomic mass is 9.96. The number of rotatable bonds is 6. The van der Waals surface area contributed by atoms with Gasteiger partial charge in [-0.15, -0.1) is 0 Å². The van der Waals surface area contributed by atoms with Crippen molar-refractivity contribution in [2.45, 2.75) is 50.3 Å². The maximum Gasteiger partial charge on any atom is 0.225 e. The lowest BCUT2D eigenvalue weighted by Gasteiger charge is -2.47. The Balaban J connectivity index is 1.25. The molecule has 0 aliphatic carbocycles. The van der Waals surface area contributed by atoms with Gasteiger partial charge >= 0.3 is 0 Å². The van der Waals surface area contributed by atoms with Crippen molar-refractivity contribution in [1.82, 2.24) is 19.8 Å². The summed E-state index contributed by atoms with van der Waals surface area (Å²) in [5.74, 6) is 0.859. The molecule has 1 aromatic heterocycles. The molecule has 0 N–H and O–H groups in total. The summed E-state index contributed by atoms with van der Waals surface area (Å²) in [6.07, 6.45) is 9.94. The predicted octanol–water partition coefficient (Wildman–Crippen LogP) is 3.51. The van der Waals surface area contributed by atoms with Crippen LogP contribution in [0.2, 0.25) is 5.02 Å². The number of anilines is 1. The van der Waals surface area contributed by atoms with Gasteiger partial charge in [-0.3, -0.25) is 4.90 Å². The molecule has 7 heteroatoms. The summed E-state index contributed by atoms with van der Waals surface area (Å²) in [6.45, 7) is 7.38. The highest BCUT2D eigenvalue weighted by molar-refractivity contribution is 6.30. The highest BCUT2D eigenvalue weighted by Crippen LogP contribution is 2.27. The Morgan fingerprint density at radius 3 is 2.41 bits per heavy atom.